The lowest BCUT2D eigenvalue weighted by atomic mass is 9.92. The number of likely N-dealkylation sites (N-methyl/N-ethyl adjacent to an activating group) is 1. The Bertz CT molecular complexity index is 442. The molecular weight excluding hydrogens is 254 g/mol. The van der Waals surface area contributed by atoms with E-state index in [-0.39, 0.29) is 12.5 Å². The summed E-state index contributed by atoms with van der Waals surface area (Å²) in [5, 5.41) is 12.9. The normalized spacial score (nSPS) is 17.4. The van der Waals surface area contributed by atoms with Crippen molar-refractivity contribution in [2.45, 2.75) is 25.0 Å². The van der Waals surface area contributed by atoms with Crippen molar-refractivity contribution in [3.8, 4) is 0 Å². The van der Waals surface area contributed by atoms with E-state index < -0.39 is 11.1 Å². The van der Waals surface area contributed by atoms with Crippen LogP contribution in [0.25, 0.3) is 0 Å². The fourth-order valence-corrected chi connectivity index (χ4v) is 2.11. The molecule has 0 aliphatic carbocycles. The number of aliphatic hydroxyl groups is 1. The van der Waals surface area contributed by atoms with Crippen molar-refractivity contribution < 1.29 is 9.90 Å². The van der Waals surface area contributed by atoms with E-state index in [1.165, 1.54) is 0 Å². The number of hydrogen-bond donors (Lipinski definition) is 3. The summed E-state index contributed by atoms with van der Waals surface area (Å²) in [7, 11) is 3.74. The molecule has 4 N–H and O–H groups in total. The fraction of sp³-hybridized carbons (Fsp3) is 0.533. The Hall–Kier alpha value is -1.43. The number of nitrogens with two attached hydrogens (primary N) is 1. The summed E-state index contributed by atoms with van der Waals surface area (Å²) in [6.07, 6.45) is 0. The zero-order valence-corrected chi connectivity index (χ0v) is 12.7. The van der Waals surface area contributed by atoms with Gasteiger partial charge in [0.05, 0.1) is 5.60 Å². The van der Waals surface area contributed by atoms with Gasteiger partial charge in [-0.05, 0) is 33.5 Å². The molecule has 0 aliphatic heterocycles. The SMILES string of the molecule is CN(C)CC(C)(O)CNC(=O)C(C)(N)c1ccccc1. The van der Waals surface area contributed by atoms with Crippen LogP contribution < -0.4 is 11.1 Å². The minimum absolute atomic E-state index is 0.156. The van der Waals surface area contributed by atoms with E-state index in [1.807, 2.05) is 49.3 Å². The second-order valence-electron chi connectivity index (χ2n) is 5.99. The van der Waals surface area contributed by atoms with Crippen molar-refractivity contribution in [2.24, 2.45) is 5.73 Å². The molecule has 0 saturated heterocycles. The largest absolute Gasteiger partial charge is 0.387 e. The highest BCUT2D eigenvalue weighted by atomic mass is 16.3. The van der Waals surface area contributed by atoms with E-state index in [2.05, 4.69) is 5.32 Å². The third-order valence-corrected chi connectivity index (χ3v) is 3.13. The van der Waals surface area contributed by atoms with Crippen LogP contribution in [0, 0.1) is 0 Å². The van der Waals surface area contributed by atoms with Gasteiger partial charge in [0.2, 0.25) is 5.91 Å². The molecule has 2 atom stereocenters. The lowest BCUT2D eigenvalue weighted by molar-refractivity contribution is -0.127. The van der Waals surface area contributed by atoms with E-state index in [1.54, 1.807) is 13.8 Å². The maximum absolute atomic E-state index is 12.2. The van der Waals surface area contributed by atoms with E-state index in [9.17, 15) is 9.90 Å². The van der Waals surface area contributed by atoms with Crippen LogP contribution in [0.3, 0.4) is 0 Å². The summed E-state index contributed by atoms with van der Waals surface area (Å²) >= 11 is 0. The second kappa shape index (κ2) is 6.35. The Kier molecular flexibility index (Phi) is 5.28. The molecule has 0 heterocycles. The predicted molar refractivity (Wildman–Crippen MR) is 80.2 cm³/mol. The molecular formula is C15H25N3O2. The molecule has 0 bridgehead atoms. The fourth-order valence-electron chi connectivity index (χ4n) is 2.11. The Labute approximate surface area is 120 Å². The van der Waals surface area contributed by atoms with Crippen LogP contribution in [0.1, 0.15) is 19.4 Å². The number of nitrogens with one attached hydrogen (secondary N) is 1. The summed E-state index contributed by atoms with van der Waals surface area (Å²) in [6.45, 7) is 3.96. The molecule has 0 aromatic heterocycles. The molecule has 112 valence electrons. The van der Waals surface area contributed by atoms with Gasteiger partial charge in [0.1, 0.15) is 5.54 Å². The summed E-state index contributed by atoms with van der Waals surface area (Å²) in [5.41, 5.74) is 4.74. The van der Waals surface area contributed by atoms with E-state index in [0.717, 1.165) is 5.56 Å². The summed E-state index contributed by atoms with van der Waals surface area (Å²) in [4.78, 5) is 14.1. The average Bonchev–Trinajstić information content (AvgIpc) is 2.35. The minimum atomic E-state index is -1.12. The number of amides is 1. The molecule has 0 aliphatic rings. The third-order valence-electron chi connectivity index (χ3n) is 3.13. The van der Waals surface area contributed by atoms with Gasteiger partial charge in [-0.3, -0.25) is 4.79 Å². The first kappa shape index (κ1) is 16.6. The van der Waals surface area contributed by atoms with Crippen LogP contribution in [-0.2, 0) is 10.3 Å². The number of carbonyl (C=O) groups excluding carboxylic acids is 1. The topological polar surface area (TPSA) is 78.6 Å². The molecule has 0 spiro atoms. The van der Waals surface area contributed by atoms with Gasteiger partial charge in [-0.2, -0.15) is 0 Å². The molecule has 0 radical (unpaired) electrons. The van der Waals surface area contributed by atoms with Crippen LogP contribution in [0.15, 0.2) is 30.3 Å². The maximum Gasteiger partial charge on any atom is 0.244 e. The first-order valence-corrected chi connectivity index (χ1v) is 6.65. The molecule has 5 nitrogen and oxygen atoms in total. The van der Waals surface area contributed by atoms with Crippen molar-refractivity contribution >= 4 is 5.91 Å². The summed E-state index contributed by atoms with van der Waals surface area (Å²) < 4.78 is 0. The summed E-state index contributed by atoms with van der Waals surface area (Å²) in [6, 6.07) is 9.19. The lowest BCUT2D eigenvalue weighted by Crippen LogP contribution is -2.54. The van der Waals surface area contributed by atoms with Crippen molar-refractivity contribution in [3.63, 3.8) is 0 Å². The predicted octanol–water partition coefficient (Wildman–Crippen LogP) is 0.289. The zero-order chi connectivity index (χ0) is 15.4. The average molecular weight is 279 g/mol. The molecule has 5 heteroatoms. The van der Waals surface area contributed by atoms with Crippen LogP contribution in [0.2, 0.25) is 0 Å². The Balaban J connectivity index is 2.67. The van der Waals surface area contributed by atoms with Crippen LogP contribution in [0.5, 0.6) is 0 Å². The van der Waals surface area contributed by atoms with Gasteiger partial charge in [0.15, 0.2) is 0 Å². The molecule has 2 unspecified atom stereocenters. The Morgan fingerprint density at radius 1 is 1.30 bits per heavy atom. The third kappa shape index (κ3) is 4.59. The number of nitrogens with zero attached hydrogens (tertiary/aromatic N) is 1. The van der Waals surface area contributed by atoms with Crippen LogP contribution in [0.4, 0.5) is 0 Å². The van der Waals surface area contributed by atoms with Gasteiger partial charge in [-0.1, -0.05) is 30.3 Å². The smallest absolute Gasteiger partial charge is 0.244 e. The molecule has 0 saturated carbocycles. The molecule has 20 heavy (non-hydrogen) atoms. The van der Waals surface area contributed by atoms with Crippen molar-refractivity contribution in [1.82, 2.24) is 10.2 Å². The van der Waals surface area contributed by atoms with Crippen LogP contribution in [-0.4, -0.2) is 48.7 Å². The summed E-state index contributed by atoms with van der Waals surface area (Å²) in [5.74, 6) is -0.303. The van der Waals surface area contributed by atoms with Gasteiger partial charge in [0.25, 0.3) is 0 Å². The van der Waals surface area contributed by atoms with Gasteiger partial charge >= 0.3 is 0 Å². The molecule has 1 aromatic carbocycles. The van der Waals surface area contributed by atoms with E-state index in [4.69, 9.17) is 5.73 Å². The van der Waals surface area contributed by atoms with Gasteiger partial charge in [0, 0.05) is 13.1 Å². The number of benzene rings is 1. The van der Waals surface area contributed by atoms with Gasteiger partial charge < -0.3 is 21.1 Å². The van der Waals surface area contributed by atoms with Crippen LogP contribution >= 0.6 is 0 Å². The Morgan fingerprint density at radius 3 is 2.35 bits per heavy atom. The van der Waals surface area contributed by atoms with Gasteiger partial charge in [-0.15, -0.1) is 0 Å². The lowest BCUT2D eigenvalue weighted by Gasteiger charge is -2.30. The molecule has 1 aromatic rings. The minimum Gasteiger partial charge on any atom is -0.387 e. The highest BCUT2D eigenvalue weighted by molar-refractivity contribution is 5.87. The van der Waals surface area contributed by atoms with Crippen molar-refractivity contribution in [2.75, 3.05) is 27.2 Å². The highest BCUT2D eigenvalue weighted by Gasteiger charge is 2.32. The number of hydrogen-bond acceptors (Lipinski definition) is 4. The quantitative estimate of drug-likeness (QED) is 0.699. The zero-order valence-electron chi connectivity index (χ0n) is 12.7. The first-order chi connectivity index (χ1) is 9.15. The maximum atomic E-state index is 12.2. The van der Waals surface area contributed by atoms with E-state index >= 15 is 0 Å². The molecule has 1 amide bonds. The van der Waals surface area contributed by atoms with Gasteiger partial charge in [-0.25, -0.2) is 0 Å². The molecule has 1 rings (SSSR count). The number of rotatable bonds is 6. The highest BCUT2D eigenvalue weighted by Crippen LogP contribution is 2.17. The first-order valence-electron chi connectivity index (χ1n) is 6.65. The second-order valence-corrected chi connectivity index (χ2v) is 5.99. The standard InChI is InChI=1S/C15H25N3O2/c1-14(20,11-18(3)4)10-17-13(19)15(2,16)12-8-6-5-7-9-12/h5-9,20H,10-11,16H2,1-4H3,(H,17,19). The monoisotopic (exact) mass is 279 g/mol. The van der Waals surface area contributed by atoms with E-state index in [0.29, 0.717) is 6.54 Å². The van der Waals surface area contributed by atoms with Crippen molar-refractivity contribution in [3.05, 3.63) is 35.9 Å². The number of carbonyl (C=O) groups is 1. The Morgan fingerprint density at radius 2 is 1.85 bits per heavy atom. The molecule has 0 fully saturated rings. The van der Waals surface area contributed by atoms with Crippen molar-refractivity contribution in [1.29, 1.82) is 0 Å².